The van der Waals surface area contributed by atoms with Crippen molar-refractivity contribution in [2.45, 2.75) is 6.42 Å². The van der Waals surface area contributed by atoms with Crippen molar-refractivity contribution in [3.63, 3.8) is 0 Å². The quantitative estimate of drug-likeness (QED) is 0.268. The second kappa shape index (κ2) is 11.8. The number of benzene rings is 1. The Bertz CT molecular complexity index is 1780. The average Bonchev–Trinajstić information content (AvgIpc) is 3.30. The molecule has 1 saturated heterocycles. The van der Waals surface area contributed by atoms with Gasteiger partial charge in [0.25, 0.3) is 5.91 Å². The molecule has 0 unspecified atom stereocenters. The van der Waals surface area contributed by atoms with E-state index in [1.54, 1.807) is 53.4 Å². The van der Waals surface area contributed by atoms with Crippen LogP contribution in [-0.4, -0.2) is 78.5 Å². The summed E-state index contributed by atoms with van der Waals surface area (Å²) in [4.78, 5) is 29.8. The summed E-state index contributed by atoms with van der Waals surface area (Å²) in [5, 5.41) is 25.6. The molecule has 0 radical (unpaired) electrons. The third kappa shape index (κ3) is 5.73. The van der Waals surface area contributed by atoms with Crippen molar-refractivity contribution in [3.8, 4) is 28.8 Å². The van der Waals surface area contributed by atoms with Crippen molar-refractivity contribution in [2.75, 3.05) is 48.3 Å². The van der Waals surface area contributed by atoms with E-state index in [1.807, 2.05) is 18.2 Å². The number of amides is 1. The Labute approximate surface area is 241 Å². The van der Waals surface area contributed by atoms with Gasteiger partial charge in [0.15, 0.2) is 17.2 Å². The summed E-state index contributed by atoms with van der Waals surface area (Å²) in [5.74, 6) is 7.12. The number of rotatable bonds is 5. The molecule has 13 heteroatoms. The maximum Gasteiger partial charge on any atom is 0.272 e. The van der Waals surface area contributed by atoms with E-state index in [0.29, 0.717) is 41.6 Å². The number of aromatic nitrogens is 7. The number of fused-ring (bicyclic) bond motifs is 1. The van der Waals surface area contributed by atoms with Crippen LogP contribution in [0.5, 0.6) is 5.75 Å². The summed E-state index contributed by atoms with van der Waals surface area (Å²) in [5.41, 5.74) is 9.02. The van der Waals surface area contributed by atoms with Gasteiger partial charge < -0.3 is 26.0 Å². The predicted molar refractivity (Wildman–Crippen MR) is 157 cm³/mol. The Morgan fingerprint density at radius 3 is 2.74 bits per heavy atom. The van der Waals surface area contributed by atoms with Crippen molar-refractivity contribution in [3.05, 3.63) is 78.6 Å². The lowest BCUT2D eigenvalue weighted by Crippen LogP contribution is -2.31. The summed E-state index contributed by atoms with van der Waals surface area (Å²) in [6.45, 7) is 3.06. The van der Waals surface area contributed by atoms with Gasteiger partial charge in [0.05, 0.1) is 17.9 Å². The number of aromatic hydroxyl groups is 1. The highest BCUT2D eigenvalue weighted by atomic mass is 16.3. The molecule has 1 fully saturated rings. The molecule has 5 heterocycles. The first kappa shape index (κ1) is 26.5. The maximum atomic E-state index is 12.4. The molecule has 5 aromatic rings. The fourth-order valence-electron chi connectivity index (χ4n) is 4.72. The molecular weight excluding hydrogens is 534 g/mol. The number of phenolic OH excluding ortho intramolecular Hbond substituents is 1. The number of hydrogen-bond donors (Lipinski definition) is 3. The second-order valence-corrected chi connectivity index (χ2v) is 9.52. The predicted octanol–water partition coefficient (Wildman–Crippen LogP) is 1.76. The fraction of sp³-hybridized carbons (Fsp3) is 0.207. The molecule has 1 aromatic carbocycles. The lowest BCUT2D eigenvalue weighted by Gasteiger charge is -2.25. The molecule has 1 aliphatic rings. The van der Waals surface area contributed by atoms with Gasteiger partial charge in [0, 0.05) is 56.4 Å². The van der Waals surface area contributed by atoms with Gasteiger partial charge in [-0.15, -0.1) is 10.2 Å². The molecule has 0 spiro atoms. The highest BCUT2D eigenvalue weighted by molar-refractivity contribution is 5.93. The topological polar surface area (TPSA) is 164 Å². The minimum atomic E-state index is -0.337. The van der Waals surface area contributed by atoms with Crippen LogP contribution < -0.4 is 20.9 Å². The van der Waals surface area contributed by atoms with Crippen molar-refractivity contribution < 1.29 is 9.90 Å². The Kier molecular flexibility index (Phi) is 7.41. The monoisotopic (exact) mass is 561 g/mol. The number of nitrogens with two attached hydrogens (primary N) is 1. The SMILES string of the molecule is Nc1nnc(-c2ccccc2O)cc1N1CCCN(c2ccnc(C#CCNC(=O)c3cc4ncccn4n3)n2)CC1. The van der Waals surface area contributed by atoms with E-state index in [9.17, 15) is 9.90 Å². The molecule has 210 valence electrons. The highest BCUT2D eigenvalue weighted by Crippen LogP contribution is 2.31. The van der Waals surface area contributed by atoms with E-state index in [0.717, 1.165) is 31.0 Å². The van der Waals surface area contributed by atoms with Crippen LogP contribution in [0.3, 0.4) is 0 Å². The van der Waals surface area contributed by atoms with Crippen LogP contribution in [0, 0.1) is 11.8 Å². The smallest absolute Gasteiger partial charge is 0.272 e. The van der Waals surface area contributed by atoms with Crippen molar-refractivity contribution in [1.29, 1.82) is 0 Å². The first-order chi connectivity index (χ1) is 20.5. The Morgan fingerprint density at radius 2 is 1.86 bits per heavy atom. The van der Waals surface area contributed by atoms with Gasteiger partial charge in [-0.2, -0.15) is 5.10 Å². The maximum absolute atomic E-state index is 12.4. The lowest BCUT2D eigenvalue weighted by atomic mass is 10.1. The Balaban J connectivity index is 1.09. The number of nitrogens with one attached hydrogen (secondary N) is 1. The van der Waals surface area contributed by atoms with Crippen LogP contribution in [0.25, 0.3) is 16.9 Å². The van der Waals surface area contributed by atoms with Crippen LogP contribution in [0.1, 0.15) is 22.7 Å². The number of anilines is 3. The van der Waals surface area contributed by atoms with E-state index in [-0.39, 0.29) is 23.9 Å². The standard InChI is InChI=1S/C29H27N11O2/c30-28-23(18-21(35-36-28)20-6-1-2-7-24(20)41)38-13-5-14-39(17-16-38)26-9-12-31-25(34-26)8-3-10-33-29(42)22-19-27-32-11-4-15-40(27)37-22/h1-2,4,6-7,9,11-12,15,18-19,41H,5,10,13-14,16-17H2,(H2,30,36)(H,33,42). The second-order valence-electron chi connectivity index (χ2n) is 9.52. The van der Waals surface area contributed by atoms with Gasteiger partial charge in [-0.05, 0) is 42.7 Å². The first-order valence-electron chi connectivity index (χ1n) is 13.4. The Morgan fingerprint density at radius 1 is 1.00 bits per heavy atom. The average molecular weight is 562 g/mol. The van der Waals surface area contributed by atoms with E-state index < -0.39 is 0 Å². The summed E-state index contributed by atoms with van der Waals surface area (Å²) in [6, 6.07) is 14.1. The number of carbonyl (C=O) groups is 1. The number of nitrogen functional groups attached to an aromatic ring is 1. The minimum absolute atomic E-state index is 0.122. The number of nitrogens with zero attached hydrogens (tertiary/aromatic N) is 9. The summed E-state index contributed by atoms with van der Waals surface area (Å²) in [6.07, 6.45) is 5.91. The van der Waals surface area contributed by atoms with Crippen molar-refractivity contribution in [1.82, 2.24) is 40.1 Å². The molecule has 4 N–H and O–H groups in total. The van der Waals surface area contributed by atoms with Crippen LogP contribution >= 0.6 is 0 Å². The summed E-state index contributed by atoms with van der Waals surface area (Å²) in [7, 11) is 0. The normalized spacial score (nSPS) is 13.3. The molecule has 1 aliphatic heterocycles. The molecule has 0 aliphatic carbocycles. The van der Waals surface area contributed by atoms with Crippen LogP contribution in [-0.2, 0) is 0 Å². The third-order valence-electron chi connectivity index (χ3n) is 6.79. The zero-order valence-electron chi connectivity index (χ0n) is 22.6. The lowest BCUT2D eigenvalue weighted by molar-refractivity contribution is 0.0953. The van der Waals surface area contributed by atoms with Gasteiger partial charge in [0.2, 0.25) is 5.82 Å². The van der Waals surface area contributed by atoms with Crippen molar-refractivity contribution in [2.24, 2.45) is 0 Å². The zero-order valence-corrected chi connectivity index (χ0v) is 22.6. The van der Waals surface area contributed by atoms with Gasteiger partial charge in [-0.3, -0.25) is 4.79 Å². The van der Waals surface area contributed by atoms with Gasteiger partial charge in [0.1, 0.15) is 11.6 Å². The number of para-hydroxylation sites is 1. The highest BCUT2D eigenvalue weighted by Gasteiger charge is 2.20. The van der Waals surface area contributed by atoms with Crippen LogP contribution in [0.4, 0.5) is 17.3 Å². The van der Waals surface area contributed by atoms with Crippen LogP contribution in [0.2, 0.25) is 0 Å². The number of phenols is 1. The molecule has 42 heavy (non-hydrogen) atoms. The molecule has 0 atom stereocenters. The van der Waals surface area contributed by atoms with Gasteiger partial charge in [-0.1, -0.05) is 18.1 Å². The van der Waals surface area contributed by atoms with Crippen LogP contribution in [0.15, 0.2) is 67.1 Å². The molecule has 0 saturated carbocycles. The molecule has 0 bridgehead atoms. The molecule has 1 amide bonds. The minimum Gasteiger partial charge on any atom is -0.507 e. The summed E-state index contributed by atoms with van der Waals surface area (Å²) >= 11 is 0. The summed E-state index contributed by atoms with van der Waals surface area (Å²) < 4.78 is 1.54. The first-order valence-corrected chi connectivity index (χ1v) is 13.4. The fourth-order valence-corrected chi connectivity index (χ4v) is 4.72. The molecule has 13 nitrogen and oxygen atoms in total. The van der Waals surface area contributed by atoms with E-state index >= 15 is 0 Å². The van der Waals surface area contributed by atoms with E-state index in [2.05, 4.69) is 57.2 Å². The Hall–Kier alpha value is -5.77. The number of hydrogen-bond acceptors (Lipinski definition) is 11. The largest absolute Gasteiger partial charge is 0.507 e. The van der Waals surface area contributed by atoms with E-state index in [4.69, 9.17) is 5.73 Å². The number of carbonyl (C=O) groups excluding carboxylic acids is 1. The zero-order chi connectivity index (χ0) is 28.9. The van der Waals surface area contributed by atoms with Gasteiger partial charge in [-0.25, -0.2) is 19.5 Å². The van der Waals surface area contributed by atoms with Gasteiger partial charge >= 0.3 is 0 Å². The van der Waals surface area contributed by atoms with E-state index in [1.165, 1.54) is 0 Å². The molecular formula is C29H27N11O2. The third-order valence-corrected chi connectivity index (χ3v) is 6.79. The molecule has 6 rings (SSSR count). The molecule has 4 aromatic heterocycles. The van der Waals surface area contributed by atoms with Crippen molar-refractivity contribution >= 4 is 28.9 Å².